The van der Waals surface area contributed by atoms with Gasteiger partial charge >= 0.3 is 0 Å². The third kappa shape index (κ3) is 3.73. The summed E-state index contributed by atoms with van der Waals surface area (Å²) in [6, 6.07) is 3.52. The first-order chi connectivity index (χ1) is 8.49. The molecule has 0 saturated heterocycles. The van der Waals surface area contributed by atoms with Crippen LogP contribution in [0, 0.1) is 17.6 Å². The highest BCUT2D eigenvalue weighted by Crippen LogP contribution is 2.17. The molecule has 5 heteroatoms. The second kappa shape index (κ2) is 6.78. The van der Waals surface area contributed by atoms with Crippen molar-refractivity contribution in [1.29, 1.82) is 0 Å². The van der Waals surface area contributed by atoms with E-state index in [0.717, 1.165) is 12.1 Å². The van der Waals surface area contributed by atoms with E-state index < -0.39 is 11.6 Å². The summed E-state index contributed by atoms with van der Waals surface area (Å²) in [6.07, 6.45) is 0. The molecule has 0 aliphatic heterocycles. The number of hydrogen-bond donors (Lipinski definition) is 3. The van der Waals surface area contributed by atoms with Gasteiger partial charge in [-0.3, -0.25) is 0 Å². The van der Waals surface area contributed by atoms with E-state index in [2.05, 4.69) is 5.32 Å². The zero-order valence-electron chi connectivity index (χ0n) is 10.7. The van der Waals surface area contributed by atoms with E-state index in [0.29, 0.717) is 5.56 Å². The molecule has 1 rings (SSSR count). The second-order valence-corrected chi connectivity index (χ2v) is 4.58. The number of rotatable bonds is 6. The van der Waals surface area contributed by atoms with Crippen LogP contribution in [0.15, 0.2) is 18.2 Å². The molecule has 1 aromatic rings. The first kappa shape index (κ1) is 15.0. The minimum atomic E-state index is -0.879. The Morgan fingerprint density at radius 2 is 1.94 bits per heavy atom. The largest absolute Gasteiger partial charge is 0.396 e. The van der Waals surface area contributed by atoms with Gasteiger partial charge in [0.25, 0.3) is 0 Å². The van der Waals surface area contributed by atoms with Crippen molar-refractivity contribution >= 4 is 0 Å². The van der Waals surface area contributed by atoms with Gasteiger partial charge in [0.15, 0.2) is 11.6 Å². The van der Waals surface area contributed by atoms with Gasteiger partial charge in [0.1, 0.15) is 0 Å². The van der Waals surface area contributed by atoms with Crippen molar-refractivity contribution in [3.63, 3.8) is 0 Å². The van der Waals surface area contributed by atoms with Gasteiger partial charge in [0, 0.05) is 25.2 Å². The normalized spacial score (nSPS) is 16.3. The summed E-state index contributed by atoms with van der Waals surface area (Å²) >= 11 is 0. The molecule has 0 saturated carbocycles. The van der Waals surface area contributed by atoms with Crippen LogP contribution in [0.5, 0.6) is 0 Å². The zero-order valence-corrected chi connectivity index (χ0v) is 10.7. The molecule has 18 heavy (non-hydrogen) atoms. The van der Waals surface area contributed by atoms with Crippen molar-refractivity contribution in [3.8, 4) is 0 Å². The Morgan fingerprint density at radius 3 is 2.44 bits per heavy atom. The van der Waals surface area contributed by atoms with E-state index in [4.69, 9.17) is 10.8 Å². The minimum Gasteiger partial charge on any atom is -0.396 e. The molecule has 4 N–H and O–H groups in total. The lowest BCUT2D eigenvalue weighted by Gasteiger charge is -2.26. The molecule has 3 unspecified atom stereocenters. The molecule has 0 bridgehead atoms. The summed E-state index contributed by atoms with van der Waals surface area (Å²) in [5.41, 5.74) is 6.25. The van der Waals surface area contributed by atoms with Crippen molar-refractivity contribution in [2.24, 2.45) is 11.7 Å². The Morgan fingerprint density at radius 1 is 1.28 bits per heavy atom. The molecule has 3 atom stereocenters. The van der Waals surface area contributed by atoms with E-state index in [1.165, 1.54) is 6.07 Å². The quantitative estimate of drug-likeness (QED) is 0.726. The summed E-state index contributed by atoms with van der Waals surface area (Å²) in [5.74, 6) is -1.69. The topological polar surface area (TPSA) is 58.3 Å². The van der Waals surface area contributed by atoms with E-state index in [1.807, 2.05) is 13.8 Å². The minimum absolute atomic E-state index is 0.0247. The van der Waals surface area contributed by atoms with Gasteiger partial charge in [-0.2, -0.15) is 0 Å². The molecule has 0 aliphatic carbocycles. The van der Waals surface area contributed by atoms with Gasteiger partial charge in [-0.25, -0.2) is 8.78 Å². The highest BCUT2D eigenvalue weighted by atomic mass is 19.2. The first-order valence-electron chi connectivity index (χ1n) is 6.01. The van der Waals surface area contributed by atoms with Crippen LogP contribution in [0.4, 0.5) is 8.78 Å². The summed E-state index contributed by atoms with van der Waals surface area (Å²) in [7, 11) is 0. The number of benzene rings is 1. The van der Waals surface area contributed by atoms with E-state index >= 15 is 0 Å². The van der Waals surface area contributed by atoms with Crippen LogP contribution in [-0.2, 0) is 0 Å². The lowest BCUT2D eigenvalue weighted by molar-refractivity contribution is 0.201. The Kier molecular flexibility index (Phi) is 5.65. The van der Waals surface area contributed by atoms with Crippen LogP contribution < -0.4 is 11.1 Å². The van der Waals surface area contributed by atoms with Crippen molar-refractivity contribution < 1.29 is 13.9 Å². The van der Waals surface area contributed by atoms with Gasteiger partial charge in [-0.1, -0.05) is 13.0 Å². The smallest absolute Gasteiger partial charge is 0.159 e. The zero-order chi connectivity index (χ0) is 13.7. The van der Waals surface area contributed by atoms with Gasteiger partial charge in [-0.15, -0.1) is 0 Å². The van der Waals surface area contributed by atoms with Crippen LogP contribution in [0.25, 0.3) is 0 Å². The molecular formula is C13H20F2N2O. The molecule has 0 spiro atoms. The van der Waals surface area contributed by atoms with E-state index in [1.54, 1.807) is 0 Å². The Bertz CT molecular complexity index is 387. The van der Waals surface area contributed by atoms with Crippen LogP contribution in [0.1, 0.15) is 25.5 Å². The van der Waals surface area contributed by atoms with Gasteiger partial charge in [-0.05, 0) is 30.5 Å². The molecule has 0 radical (unpaired) electrons. The van der Waals surface area contributed by atoms with Crippen molar-refractivity contribution in [2.75, 3.05) is 13.2 Å². The lowest BCUT2D eigenvalue weighted by atomic mass is 10.0. The standard InChI is InChI=1S/C13H20F2N2O/c1-8(7-18)9(2)17-13(6-16)10-3-4-11(14)12(15)5-10/h3-5,8-9,13,17-18H,6-7,16H2,1-2H3. The molecule has 3 nitrogen and oxygen atoms in total. The first-order valence-corrected chi connectivity index (χ1v) is 6.01. The molecule has 0 amide bonds. The number of aliphatic hydroxyl groups is 1. The maximum absolute atomic E-state index is 13.2. The fourth-order valence-corrected chi connectivity index (χ4v) is 1.67. The van der Waals surface area contributed by atoms with E-state index in [9.17, 15) is 8.78 Å². The Labute approximate surface area is 106 Å². The van der Waals surface area contributed by atoms with Crippen LogP contribution >= 0.6 is 0 Å². The number of nitrogens with one attached hydrogen (secondary N) is 1. The highest BCUT2D eigenvalue weighted by molar-refractivity contribution is 5.21. The lowest BCUT2D eigenvalue weighted by Crippen LogP contribution is -2.39. The molecule has 0 heterocycles. The summed E-state index contributed by atoms with van der Waals surface area (Å²) in [5, 5.41) is 12.3. The molecule has 0 fully saturated rings. The van der Waals surface area contributed by atoms with Crippen LogP contribution in [0.3, 0.4) is 0 Å². The average molecular weight is 258 g/mol. The third-order valence-electron chi connectivity index (χ3n) is 3.19. The molecular weight excluding hydrogens is 238 g/mol. The third-order valence-corrected chi connectivity index (χ3v) is 3.19. The molecule has 102 valence electrons. The molecule has 1 aromatic carbocycles. The molecule has 0 aromatic heterocycles. The summed E-state index contributed by atoms with van der Waals surface area (Å²) in [4.78, 5) is 0. The molecule has 0 aliphatic rings. The van der Waals surface area contributed by atoms with Crippen LogP contribution in [0.2, 0.25) is 0 Å². The van der Waals surface area contributed by atoms with Crippen molar-refractivity contribution in [3.05, 3.63) is 35.4 Å². The Hall–Kier alpha value is -1.04. The average Bonchev–Trinajstić information content (AvgIpc) is 2.38. The maximum Gasteiger partial charge on any atom is 0.159 e. The van der Waals surface area contributed by atoms with Crippen LogP contribution in [-0.4, -0.2) is 24.3 Å². The summed E-state index contributed by atoms with van der Waals surface area (Å²) in [6.45, 7) is 4.15. The maximum atomic E-state index is 13.2. The summed E-state index contributed by atoms with van der Waals surface area (Å²) < 4.78 is 26.0. The number of aliphatic hydroxyl groups excluding tert-OH is 1. The van der Waals surface area contributed by atoms with Crippen molar-refractivity contribution in [2.45, 2.75) is 25.9 Å². The predicted molar refractivity (Wildman–Crippen MR) is 67.0 cm³/mol. The second-order valence-electron chi connectivity index (χ2n) is 4.58. The predicted octanol–water partition coefficient (Wildman–Crippen LogP) is 1.57. The Balaban J connectivity index is 2.79. The number of nitrogens with two attached hydrogens (primary N) is 1. The number of hydrogen-bond acceptors (Lipinski definition) is 3. The van der Waals surface area contributed by atoms with Gasteiger partial charge in [0.2, 0.25) is 0 Å². The fraction of sp³-hybridized carbons (Fsp3) is 0.538. The van der Waals surface area contributed by atoms with Gasteiger partial charge in [0.05, 0.1) is 0 Å². The van der Waals surface area contributed by atoms with Gasteiger partial charge < -0.3 is 16.2 Å². The van der Waals surface area contributed by atoms with E-state index in [-0.39, 0.29) is 31.2 Å². The highest BCUT2D eigenvalue weighted by Gasteiger charge is 2.18. The fourth-order valence-electron chi connectivity index (χ4n) is 1.67. The monoisotopic (exact) mass is 258 g/mol. The number of halogens is 2. The van der Waals surface area contributed by atoms with Crippen molar-refractivity contribution in [1.82, 2.24) is 5.32 Å². The SMILES string of the molecule is CC(CO)C(C)NC(CN)c1ccc(F)c(F)c1.